The highest BCUT2D eigenvalue weighted by Crippen LogP contribution is 2.62. The third kappa shape index (κ3) is 5.21. The number of aromatic nitrogens is 1. The van der Waals surface area contributed by atoms with Crippen LogP contribution in [0.2, 0.25) is 0 Å². The van der Waals surface area contributed by atoms with E-state index in [0.717, 1.165) is 32.4 Å². The van der Waals surface area contributed by atoms with E-state index in [2.05, 4.69) is 34.6 Å². The van der Waals surface area contributed by atoms with E-state index < -0.39 is 6.49 Å². The van der Waals surface area contributed by atoms with Crippen LogP contribution in [-0.2, 0) is 20.9 Å². The van der Waals surface area contributed by atoms with Crippen molar-refractivity contribution in [1.82, 2.24) is 4.98 Å². The Morgan fingerprint density at radius 2 is 1.83 bits per heavy atom. The Bertz CT molecular complexity index is 1040. The highest BCUT2D eigenvalue weighted by atomic mass is 32.5. The zero-order chi connectivity index (χ0) is 21.7. The quantitative estimate of drug-likeness (QED) is 0.348. The first kappa shape index (κ1) is 23.2. The summed E-state index contributed by atoms with van der Waals surface area (Å²) in [5, 5.41) is 4.72. The second kappa shape index (κ2) is 10.2. The molecule has 3 aromatic rings. The van der Waals surface area contributed by atoms with Gasteiger partial charge in [-0.25, -0.2) is 0 Å². The fraction of sp³-hybridized carbons (Fsp3) is 0.409. The molecule has 0 aliphatic heterocycles. The summed E-state index contributed by atoms with van der Waals surface area (Å²) in [6, 6.07) is 12.4. The average molecular weight is 465 g/mol. The molecule has 0 aliphatic rings. The summed E-state index contributed by atoms with van der Waals surface area (Å²) in [6.45, 7) is 7.05. The van der Waals surface area contributed by atoms with E-state index in [4.69, 9.17) is 25.6 Å². The van der Waals surface area contributed by atoms with Crippen LogP contribution in [-0.4, -0.2) is 31.9 Å². The Hall–Kier alpha value is -1.50. The van der Waals surface area contributed by atoms with Gasteiger partial charge in [-0.05, 0) is 81.3 Å². The van der Waals surface area contributed by atoms with Crippen molar-refractivity contribution in [3.05, 3.63) is 52.7 Å². The van der Waals surface area contributed by atoms with Crippen molar-refractivity contribution < 1.29 is 13.8 Å². The monoisotopic (exact) mass is 464 g/mol. The zero-order valence-electron chi connectivity index (χ0n) is 18.1. The lowest BCUT2D eigenvalue weighted by Crippen LogP contribution is -2.16. The Morgan fingerprint density at radius 3 is 2.47 bits per heavy atom. The van der Waals surface area contributed by atoms with E-state index in [-0.39, 0.29) is 5.66 Å². The first-order valence-corrected chi connectivity index (χ1v) is 13.6. The number of hydrogen-bond donors (Lipinski definition) is 1. The number of benzene rings is 1. The topological polar surface area (TPSA) is 52.6 Å². The number of anilines is 1. The summed E-state index contributed by atoms with van der Waals surface area (Å²) in [4.78, 5) is 5.72. The van der Waals surface area contributed by atoms with E-state index in [1.165, 1.54) is 5.39 Å². The largest absolute Gasteiger partial charge is 0.497 e. The van der Waals surface area contributed by atoms with Gasteiger partial charge in [-0.3, -0.25) is 4.98 Å². The summed E-state index contributed by atoms with van der Waals surface area (Å²) in [5.74, 6) is 0.848. The van der Waals surface area contributed by atoms with Gasteiger partial charge in [0.15, 0.2) is 6.49 Å². The number of hydrogen-bond acceptors (Lipinski definition) is 7. The molecule has 0 saturated heterocycles. The van der Waals surface area contributed by atoms with Gasteiger partial charge in [0.1, 0.15) is 5.75 Å². The highest BCUT2D eigenvalue weighted by Gasteiger charge is 2.33. The number of pyridine rings is 1. The lowest BCUT2D eigenvalue weighted by Gasteiger charge is -2.30. The minimum atomic E-state index is -2.56. The zero-order valence-corrected chi connectivity index (χ0v) is 20.6. The summed E-state index contributed by atoms with van der Waals surface area (Å²) in [7, 11) is 1.68. The Balaban J connectivity index is 1.99. The van der Waals surface area contributed by atoms with Gasteiger partial charge >= 0.3 is 0 Å². The minimum absolute atomic E-state index is 0.0727. The molecule has 1 aromatic carbocycles. The highest BCUT2D eigenvalue weighted by molar-refractivity contribution is 8.10. The van der Waals surface area contributed by atoms with Gasteiger partial charge in [0.2, 0.25) is 0 Å². The molecule has 30 heavy (non-hydrogen) atoms. The number of aryl methyl sites for hydroxylation is 2. The van der Waals surface area contributed by atoms with Gasteiger partial charge in [0.05, 0.1) is 37.4 Å². The molecular weight excluding hydrogens is 435 g/mol. The molecule has 0 bridgehead atoms. The molecule has 2 aromatic heterocycles. The van der Waals surface area contributed by atoms with E-state index in [1.54, 1.807) is 18.4 Å². The van der Waals surface area contributed by atoms with Crippen LogP contribution in [0.25, 0.3) is 10.1 Å². The van der Waals surface area contributed by atoms with Crippen molar-refractivity contribution in [2.45, 2.75) is 33.4 Å². The Kier molecular flexibility index (Phi) is 7.88. The molecule has 1 N–H and O–H groups in total. The van der Waals surface area contributed by atoms with E-state index in [0.29, 0.717) is 19.8 Å². The van der Waals surface area contributed by atoms with Crippen LogP contribution in [0.5, 0.6) is 5.75 Å². The maximum atomic E-state index is 6.10. The van der Waals surface area contributed by atoms with Crippen molar-refractivity contribution in [3.63, 3.8) is 0 Å². The second-order valence-corrected chi connectivity index (χ2v) is 11.8. The molecule has 5 nitrogen and oxygen atoms in total. The van der Waals surface area contributed by atoms with Gasteiger partial charge in [0, 0.05) is 21.8 Å². The number of ether oxygens (including phenoxy) is 1. The van der Waals surface area contributed by atoms with Crippen molar-refractivity contribution >= 4 is 45.4 Å². The predicted molar refractivity (Wildman–Crippen MR) is 131 cm³/mol. The summed E-state index contributed by atoms with van der Waals surface area (Å²) >= 11 is 7.74. The lowest BCUT2D eigenvalue weighted by atomic mass is 10.2. The lowest BCUT2D eigenvalue weighted by molar-refractivity contribution is 0.260. The van der Waals surface area contributed by atoms with Gasteiger partial charge in [-0.2, -0.15) is 0 Å². The van der Waals surface area contributed by atoms with Crippen molar-refractivity contribution in [2.75, 3.05) is 32.2 Å². The molecule has 0 amide bonds. The predicted octanol–water partition coefficient (Wildman–Crippen LogP) is 6.46. The maximum Gasteiger partial charge on any atom is 0.198 e. The number of thiophene rings is 1. The van der Waals surface area contributed by atoms with Crippen LogP contribution in [0, 0.1) is 13.8 Å². The Morgan fingerprint density at radius 1 is 1.10 bits per heavy atom. The molecule has 3 rings (SSSR count). The molecule has 2 heterocycles. The van der Waals surface area contributed by atoms with Crippen LogP contribution in [0.4, 0.5) is 5.69 Å². The third-order valence-corrected chi connectivity index (χ3v) is 10.0. The number of rotatable bonds is 10. The molecule has 1 atom stereocenters. The van der Waals surface area contributed by atoms with Crippen molar-refractivity contribution in [3.8, 4) is 5.75 Å². The van der Waals surface area contributed by atoms with Crippen LogP contribution >= 0.6 is 17.8 Å². The first-order chi connectivity index (χ1) is 14.4. The summed E-state index contributed by atoms with van der Waals surface area (Å²) in [5.41, 5.74) is 2.90. The van der Waals surface area contributed by atoms with Crippen LogP contribution < -0.4 is 10.1 Å². The number of nitrogens with zero attached hydrogens (tertiary/aromatic N) is 1. The molecule has 0 radical (unpaired) electrons. The van der Waals surface area contributed by atoms with Crippen LogP contribution in [0.15, 0.2) is 36.4 Å². The SMILES string of the molecule is CCOP(=S)(OCC)C(CNc1ccc(C)nc1C)c1cc2ccc(OC)cc2s1. The maximum absolute atomic E-state index is 6.10. The van der Waals surface area contributed by atoms with Gasteiger partial charge in [0.25, 0.3) is 0 Å². The normalized spacial score (nSPS) is 12.8. The van der Waals surface area contributed by atoms with Crippen molar-refractivity contribution in [1.29, 1.82) is 0 Å². The van der Waals surface area contributed by atoms with E-state index in [1.807, 2.05) is 39.8 Å². The van der Waals surface area contributed by atoms with Crippen LogP contribution in [0.3, 0.4) is 0 Å². The summed E-state index contributed by atoms with van der Waals surface area (Å²) in [6.07, 6.45) is 0. The van der Waals surface area contributed by atoms with Gasteiger partial charge < -0.3 is 19.1 Å². The van der Waals surface area contributed by atoms with E-state index in [9.17, 15) is 0 Å². The second-order valence-electron chi connectivity index (χ2n) is 6.91. The number of nitrogens with one attached hydrogen (secondary N) is 1. The molecule has 0 saturated carbocycles. The third-order valence-electron chi connectivity index (χ3n) is 4.79. The van der Waals surface area contributed by atoms with Crippen molar-refractivity contribution in [2.24, 2.45) is 0 Å². The van der Waals surface area contributed by atoms with Gasteiger partial charge in [-0.1, -0.05) is 0 Å². The number of fused-ring (bicyclic) bond motifs is 1. The molecule has 8 heteroatoms. The molecule has 1 unspecified atom stereocenters. The minimum Gasteiger partial charge on any atom is -0.497 e. The molecular formula is C22H29N2O3PS2. The average Bonchev–Trinajstić information content (AvgIpc) is 3.12. The molecule has 162 valence electrons. The molecule has 0 fully saturated rings. The first-order valence-electron chi connectivity index (χ1n) is 10.0. The van der Waals surface area contributed by atoms with E-state index >= 15 is 0 Å². The summed E-state index contributed by atoms with van der Waals surface area (Å²) < 4.78 is 18.7. The van der Waals surface area contributed by atoms with Crippen LogP contribution in [0.1, 0.15) is 35.8 Å². The Labute approximate surface area is 187 Å². The fourth-order valence-electron chi connectivity index (χ4n) is 3.35. The smallest absolute Gasteiger partial charge is 0.198 e. The standard InChI is InChI=1S/C22H29N2O3PS2/c1-6-26-28(29,27-7-2)20(14-23-19-11-8-15(3)24-16(19)4)22-12-17-9-10-18(25-5)13-21(17)30-22/h8-13,20,23H,6-7,14H2,1-5H3. The molecule has 0 spiro atoms. The number of methoxy groups -OCH3 is 1. The van der Waals surface area contributed by atoms with Gasteiger partial charge in [-0.15, -0.1) is 11.3 Å². The molecule has 0 aliphatic carbocycles. The fourth-order valence-corrected chi connectivity index (χ4v) is 8.25.